The van der Waals surface area contributed by atoms with Gasteiger partial charge in [0.05, 0.1) is 5.60 Å². The third kappa shape index (κ3) is 4.93. The molecule has 2 amide bonds. The Balaban J connectivity index is 2.29. The molecule has 0 aromatic carbocycles. The number of rotatable bonds is 6. The van der Waals surface area contributed by atoms with Gasteiger partial charge in [-0.2, -0.15) is 0 Å². The van der Waals surface area contributed by atoms with Crippen LogP contribution < -0.4 is 10.6 Å². The number of carbonyl (C=O) groups is 2. The standard InChI is InChI=1S/C10H18N2O4S/c1-10(15,3-4-16-2)6-11-8(13)7-5-17-9(14)12-7/h7,15H,3-6H2,1-2H3,(H,11,13)(H,12,14). The van der Waals surface area contributed by atoms with Crippen LogP contribution in [0.5, 0.6) is 0 Å². The number of ether oxygens (including phenoxy) is 1. The summed E-state index contributed by atoms with van der Waals surface area (Å²) >= 11 is 1.09. The smallest absolute Gasteiger partial charge is 0.279 e. The first-order valence-corrected chi connectivity index (χ1v) is 6.35. The normalized spacial score (nSPS) is 23.0. The van der Waals surface area contributed by atoms with Crippen LogP contribution in [-0.4, -0.2) is 53.9 Å². The molecule has 0 aromatic heterocycles. The minimum atomic E-state index is -0.999. The predicted octanol–water partition coefficient (Wildman–Crippen LogP) is -0.285. The largest absolute Gasteiger partial charge is 0.388 e. The zero-order valence-electron chi connectivity index (χ0n) is 9.99. The SMILES string of the molecule is COCCC(C)(O)CNC(=O)C1CSC(=O)N1. The topological polar surface area (TPSA) is 87.7 Å². The number of hydrogen-bond acceptors (Lipinski definition) is 5. The summed E-state index contributed by atoms with van der Waals surface area (Å²) < 4.78 is 4.87. The molecule has 2 unspecified atom stereocenters. The Morgan fingerprint density at radius 1 is 1.76 bits per heavy atom. The summed E-state index contributed by atoms with van der Waals surface area (Å²) in [5, 5.41) is 14.9. The second-order valence-corrected chi connectivity index (χ2v) is 5.25. The molecule has 0 spiro atoms. The minimum absolute atomic E-state index is 0.145. The first-order valence-electron chi connectivity index (χ1n) is 5.37. The van der Waals surface area contributed by atoms with E-state index in [9.17, 15) is 14.7 Å². The highest BCUT2D eigenvalue weighted by Crippen LogP contribution is 2.13. The zero-order valence-corrected chi connectivity index (χ0v) is 10.8. The van der Waals surface area contributed by atoms with Gasteiger partial charge >= 0.3 is 0 Å². The lowest BCUT2D eigenvalue weighted by Crippen LogP contribution is -2.48. The van der Waals surface area contributed by atoms with Crippen LogP contribution in [0, 0.1) is 0 Å². The van der Waals surface area contributed by atoms with Crippen molar-refractivity contribution in [3.63, 3.8) is 0 Å². The highest BCUT2D eigenvalue weighted by atomic mass is 32.2. The molecule has 0 bridgehead atoms. The molecule has 0 aromatic rings. The number of thioether (sulfide) groups is 1. The fourth-order valence-corrected chi connectivity index (χ4v) is 2.12. The van der Waals surface area contributed by atoms with E-state index in [0.29, 0.717) is 18.8 Å². The third-order valence-electron chi connectivity index (χ3n) is 2.48. The van der Waals surface area contributed by atoms with Crippen molar-refractivity contribution in [3.8, 4) is 0 Å². The van der Waals surface area contributed by atoms with Gasteiger partial charge < -0.3 is 20.5 Å². The monoisotopic (exact) mass is 262 g/mol. The van der Waals surface area contributed by atoms with E-state index in [1.807, 2.05) is 0 Å². The van der Waals surface area contributed by atoms with Crippen LogP contribution in [0.1, 0.15) is 13.3 Å². The van der Waals surface area contributed by atoms with Crippen molar-refractivity contribution in [3.05, 3.63) is 0 Å². The van der Waals surface area contributed by atoms with Crippen LogP contribution in [0.15, 0.2) is 0 Å². The van der Waals surface area contributed by atoms with E-state index in [1.165, 1.54) is 0 Å². The third-order valence-corrected chi connectivity index (χ3v) is 3.36. The van der Waals surface area contributed by atoms with Gasteiger partial charge in [0.25, 0.3) is 5.24 Å². The van der Waals surface area contributed by atoms with Crippen molar-refractivity contribution >= 4 is 22.9 Å². The van der Waals surface area contributed by atoms with E-state index in [4.69, 9.17) is 4.74 Å². The maximum Gasteiger partial charge on any atom is 0.279 e. The van der Waals surface area contributed by atoms with Crippen LogP contribution in [0.3, 0.4) is 0 Å². The number of hydrogen-bond donors (Lipinski definition) is 3. The van der Waals surface area contributed by atoms with Crippen LogP contribution >= 0.6 is 11.8 Å². The molecule has 1 heterocycles. The molecular formula is C10H18N2O4S. The summed E-state index contributed by atoms with van der Waals surface area (Å²) in [4.78, 5) is 22.5. The van der Waals surface area contributed by atoms with Gasteiger partial charge in [-0.25, -0.2) is 0 Å². The Bertz CT molecular complexity index is 296. The average molecular weight is 262 g/mol. The van der Waals surface area contributed by atoms with Gasteiger partial charge in [0.1, 0.15) is 6.04 Å². The molecule has 3 N–H and O–H groups in total. The summed E-state index contributed by atoms with van der Waals surface area (Å²) in [5.74, 6) is 0.172. The van der Waals surface area contributed by atoms with Gasteiger partial charge in [-0.05, 0) is 6.92 Å². The summed E-state index contributed by atoms with van der Waals surface area (Å²) in [5.41, 5.74) is -0.999. The van der Waals surface area contributed by atoms with E-state index in [-0.39, 0.29) is 17.7 Å². The van der Waals surface area contributed by atoms with Gasteiger partial charge in [-0.15, -0.1) is 0 Å². The second-order valence-electron chi connectivity index (χ2n) is 4.25. The molecule has 6 nitrogen and oxygen atoms in total. The molecule has 1 fully saturated rings. The number of methoxy groups -OCH3 is 1. The lowest BCUT2D eigenvalue weighted by atomic mass is 10.0. The van der Waals surface area contributed by atoms with E-state index in [2.05, 4.69) is 10.6 Å². The lowest BCUT2D eigenvalue weighted by Gasteiger charge is -2.24. The van der Waals surface area contributed by atoms with Crippen LogP contribution in [-0.2, 0) is 9.53 Å². The van der Waals surface area contributed by atoms with E-state index in [0.717, 1.165) is 11.8 Å². The molecular weight excluding hydrogens is 244 g/mol. The van der Waals surface area contributed by atoms with E-state index < -0.39 is 11.6 Å². The quantitative estimate of drug-likeness (QED) is 0.612. The van der Waals surface area contributed by atoms with Gasteiger partial charge in [0.15, 0.2) is 0 Å². The summed E-state index contributed by atoms with van der Waals surface area (Å²) in [7, 11) is 1.56. The Morgan fingerprint density at radius 2 is 2.47 bits per heavy atom. The molecule has 17 heavy (non-hydrogen) atoms. The molecule has 1 aliphatic heterocycles. The lowest BCUT2D eigenvalue weighted by molar-refractivity contribution is -0.123. The molecule has 0 radical (unpaired) electrons. The van der Waals surface area contributed by atoms with Crippen molar-refractivity contribution < 1.29 is 19.4 Å². The molecule has 2 atom stereocenters. The van der Waals surface area contributed by atoms with Crippen molar-refractivity contribution in [2.24, 2.45) is 0 Å². The van der Waals surface area contributed by atoms with Gasteiger partial charge in [-0.3, -0.25) is 9.59 Å². The van der Waals surface area contributed by atoms with E-state index in [1.54, 1.807) is 14.0 Å². The molecule has 0 aliphatic carbocycles. The first-order chi connectivity index (χ1) is 7.94. The molecule has 98 valence electrons. The summed E-state index contributed by atoms with van der Waals surface area (Å²) in [6.45, 7) is 2.21. The molecule has 7 heteroatoms. The summed E-state index contributed by atoms with van der Waals surface area (Å²) in [6, 6.07) is -0.495. The highest BCUT2D eigenvalue weighted by molar-refractivity contribution is 8.14. The Kier molecular flexibility index (Phi) is 5.23. The van der Waals surface area contributed by atoms with Gasteiger partial charge in [0.2, 0.25) is 5.91 Å². The Morgan fingerprint density at radius 3 is 3.00 bits per heavy atom. The zero-order chi connectivity index (χ0) is 12.9. The fourth-order valence-electron chi connectivity index (χ4n) is 1.34. The first kappa shape index (κ1) is 14.3. The predicted molar refractivity (Wildman–Crippen MR) is 64.9 cm³/mol. The maximum absolute atomic E-state index is 11.6. The molecule has 1 aliphatic rings. The maximum atomic E-state index is 11.6. The molecule has 1 rings (SSSR count). The molecule has 0 saturated carbocycles. The fraction of sp³-hybridized carbons (Fsp3) is 0.800. The number of amides is 2. The highest BCUT2D eigenvalue weighted by Gasteiger charge is 2.29. The number of aliphatic hydroxyl groups is 1. The average Bonchev–Trinajstić information content (AvgIpc) is 2.70. The van der Waals surface area contributed by atoms with Gasteiger partial charge in [-0.1, -0.05) is 11.8 Å². The van der Waals surface area contributed by atoms with Gasteiger partial charge in [0, 0.05) is 32.4 Å². The summed E-state index contributed by atoms with van der Waals surface area (Å²) in [6.07, 6.45) is 0.440. The number of carbonyl (C=O) groups excluding carboxylic acids is 2. The van der Waals surface area contributed by atoms with Crippen molar-refractivity contribution in [2.45, 2.75) is 25.0 Å². The number of nitrogens with one attached hydrogen (secondary N) is 2. The molecule has 1 saturated heterocycles. The van der Waals surface area contributed by atoms with Crippen LogP contribution in [0.2, 0.25) is 0 Å². The minimum Gasteiger partial charge on any atom is -0.388 e. The van der Waals surface area contributed by atoms with E-state index >= 15 is 0 Å². The van der Waals surface area contributed by atoms with Crippen molar-refractivity contribution in [2.75, 3.05) is 26.0 Å². The Hall–Kier alpha value is -0.790. The van der Waals surface area contributed by atoms with Crippen LogP contribution in [0.25, 0.3) is 0 Å². The van der Waals surface area contributed by atoms with Crippen molar-refractivity contribution in [1.82, 2.24) is 10.6 Å². The van der Waals surface area contributed by atoms with Crippen LogP contribution in [0.4, 0.5) is 4.79 Å². The Labute approximate surface area is 104 Å². The second kappa shape index (κ2) is 6.23. The van der Waals surface area contributed by atoms with Crippen molar-refractivity contribution in [1.29, 1.82) is 0 Å².